The van der Waals surface area contributed by atoms with Crippen molar-refractivity contribution in [1.82, 2.24) is 4.90 Å². The fourth-order valence-electron chi connectivity index (χ4n) is 11.1. The molecule has 1 fully saturated rings. The molecule has 0 aromatic heterocycles. The Balaban J connectivity index is 1.22. The van der Waals surface area contributed by atoms with Crippen LogP contribution in [0, 0.1) is 17.8 Å². The first-order valence-electron chi connectivity index (χ1n) is 24.9. The molecule has 1 heterocycles. The summed E-state index contributed by atoms with van der Waals surface area (Å²) in [5.74, 6) is -0.108. The van der Waals surface area contributed by atoms with Crippen molar-refractivity contribution in [2.24, 2.45) is 22.9 Å². The molecule has 6 aromatic rings. The summed E-state index contributed by atoms with van der Waals surface area (Å²) < 4.78 is 27.4. The van der Waals surface area contributed by atoms with Gasteiger partial charge in [0.1, 0.15) is 29.9 Å². The molecule has 1 aliphatic heterocycles. The Hall–Kier alpha value is -6.72. The van der Waals surface area contributed by atoms with E-state index in [-0.39, 0.29) is 63.8 Å². The lowest BCUT2D eigenvalue weighted by Crippen LogP contribution is -2.70. The van der Waals surface area contributed by atoms with Crippen LogP contribution in [0.25, 0.3) is 21.9 Å². The average Bonchev–Trinajstić information content (AvgIpc) is 3.39. The Morgan fingerprint density at radius 1 is 0.814 bits per heavy atom. The lowest BCUT2D eigenvalue weighted by molar-refractivity contribution is -0.256. The molecule has 9 rings (SSSR count). The predicted octanol–water partition coefficient (Wildman–Crippen LogP) is 12.8. The molecule has 10 nitrogen and oxygen atoms in total. The first-order chi connectivity index (χ1) is 34.4. The van der Waals surface area contributed by atoms with Crippen molar-refractivity contribution in [3.8, 4) is 28.4 Å². The molecule has 0 radical (unpaired) electrons. The number of fused-ring (bicyclic) bond motifs is 3. The maximum atomic E-state index is 14.9. The fraction of sp³-hybridized carbons (Fsp3) is 0.333. The third kappa shape index (κ3) is 10.4. The van der Waals surface area contributed by atoms with Gasteiger partial charge < -0.3 is 34.0 Å². The second kappa shape index (κ2) is 22.8. The van der Waals surface area contributed by atoms with Crippen molar-refractivity contribution >= 4 is 22.6 Å². The Bertz CT molecular complexity index is 2750. The predicted molar refractivity (Wildman–Crippen MR) is 275 cm³/mol. The molecular formula is C60H64N2O8. The highest BCUT2D eigenvalue weighted by atomic mass is 16.7. The number of unbranched alkanes of at least 4 members (excludes halogenated alkanes) is 2. The zero-order valence-electron chi connectivity index (χ0n) is 40.0. The number of carbonyl (C=O) groups excluding carboxylic acids is 1. The first-order valence-corrected chi connectivity index (χ1v) is 24.9. The van der Waals surface area contributed by atoms with Crippen LogP contribution in [0.5, 0.6) is 17.2 Å². The molecule has 6 atom stereocenters. The topological polar surface area (TPSA) is 119 Å². The van der Waals surface area contributed by atoms with Crippen LogP contribution in [0.3, 0.4) is 0 Å². The standard InChI is InChI=1S/C60H64N2O8/c1-3-36-67-60-56(62(59(65)66-4-2)40-47-25-17-24-45-22-11-12-26-50(45)47)39-54(61-68-41-42-18-7-5-8-19-42)52-37-46(23-13-15-34-63)51(27-14-16-35-64)57(58(52)60)53-38-49(32-33-55(53)70-60)69-48-30-28-44(29-31-48)43-20-9-6-10-21-43/h3,5-12,17-22,24-26,28-33,37-38,46,51,56-58,63-64H,1,4,13-16,23,27,34-36,39-41H2,2H3. The zero-order chi connectivity index (χ0) is 48.3. The van der Waals surface area contributed by atoms with Gasteiger partial charge in [-0.3, -0.25) is 4.90 Å². The van der Waals surface area contributed by atoms with Crippen LogP contribution in [0.2, 0.25) is 0 Å². The number of hydrogen-bond donors (Lipinski definition) is 2. The molecule has 1 saturated carbocycles. The second-order valence-electron chi connectivity index (χ2n) is 18.5. The highest BCUT2D eigenvalue weighted by molar-refractivity contribution is 6.03. The number of hydrogen-bond acceptors (Lipinski definition) is 9. The molecule has 3 aliphatic rings. The number of aliphatic hydroxyl groups is 2. The molecule has 0 bridgehead atoms. The van der Waals surface area contributed by atoms with Crippen LogP contribution < -0.4 is 9.47 Å². The van der Waals surface area contributed by atoms with E-state index in [1.807, 2.05) is 97.9 Å². The summed E-state index contributed by atoms with van der Waals surface area (Å²) in [6.45, 7) is 6.88. The summed E-state index contributed by atoms with van der Waals surface area (Å²) in [4.78, 5) is 23.0. The maximum absolute atomic E-state index is 14.9. The Morgan fingerprint density at radius 2 is 1.51 bits per heavy atom. The molecule has 362 valence electrons. The van der Waals surface area contributed by atoms with E-state index in [9.17, 15) is 15.0 Å². The van der Waals surface area contributed by atoms with E-state index in [0.717, 1.165) is 69.8 Å². The molecule has 70 heavy (non-hydrogen) atoms. The highest BCUT2D eigenvalue weighted by Gasteiger charge is 2.65. The lowest BCUT2D eigenvalue weighted by atomic mass is 9.55. The fourth-order valence-corrected chi connectivity index (χ4v) is 11.1. The van der Waals surface area contributed by atoms with E-state index in [4.69, 9.17) is 28.9 Å². The number of oxime groups is 1. The number of ether oxygens (including phenoxy) is 4. The maximum Gasteiger partial charge on any atom is 0.410 e. The van der Waals surface area contributed by atoms with Gasteiger partial charge in [-0.25, -0.2) is 4.79 Å². The largest absolute Gasteiger partial charge is 0.459 e. The average molecular weight is 941 g/mol. The molecule has 6 unspecified atom stereocenters. The van der Waals surface area contributed by atoms with Gasteiger partial charge in [-0.1, -0.05) is 145 Å². The first kappa shape index (κ1) is 48.3. The van der Waals surface area contributed by atoms with Crippen molar-refractivity contribution in [3.05, 3.63) is 187 Å². The van der Waals surface area contributed by atoms with E-state index in [2.05, 4.69) is 67.3 Å². The molecular weight excluding hydrogens is 877 g/mol. The summed E-state index contributed by atoms with van der Waals surface area (Å²) in [5.41, 5.74) is 6.78. The summed E-state index contributed by atoms with van der Waals surface area (Å²) in [7, 11) is 0. The lowest BCUT2D eigenvalue weighted by Gasteiger charge is -2.59. The molecule has 1 amide bonds. The van der Waals surface area contributed by atoms with Crippen molar-refractivity contribution in [2.75, 3.05) is 26.4 Å². The van der Waals surface area contributed by atoms with E-state index in [1.54, 1.807) is 11.0 Å². The number of benzene rings is 6. The monoisotopic (exact) mass is 940 g/mol. The minimum absolute atomic E-state index is 0.0353. The van der Waals surface area contributed by atoms with E-state index >= 15 is 0 Å². The number of nitrogens with zero attached hydrogens (tertiary/aromatic N) is 2. The van der Waals surface area contributed by atoms with E-state index in [1.165, 1.54) is 0 Å². The summed E-state index contributed by atoms with van der Waals surface area (Å²) >= 11 is 0. The summed E-state index contributed by atoms with van der Waals surface area (Å²) in [5, 5.41) is 27.3. The quantitative estimate of drug-likeness (QED) is 0.0416. The second-order valence-corrected chi connectivity index (χ2v) is 18.5. The van der Waals surface area contributed by atoms with Gasteiger partial charge in [0.2, 0.25) is 5.79 Å². The van der Waals surface area contributed by atoms with E-state index in [0.29, 0.717) is 35.8 Å². The summed E-state index contributed by atoms with van der Waals surface area (Å²) in [6, 6.07) is 48.0. The van der Waals surface area contributed by atoms with Crippen LogP contribution in [0.1, 0.15) is 74.5 Å². The van der Waals surface area contributed by atoms with Crippen LogP contribution in [-0.4, -0.2) is 65.2 Å². The van der Waals surface area contributed by atoms with Crippen molar-refractivity contribution < 1.29 is 38.8 Å². The molecule has 2 N–H and O–H groups in total. The van der Waals surface area contributed by atoms with Gasteiger partial charge in [0.15, 0.2) is 0 Å². The zero-order valence-corrected chi connectivity index (χ0v) is 40.0. The minimum atomic E-state index is -1.46. The van der Waals surface area contributed by atoms with Gasteiger partial charge in [-0.15, -0.1) is 6.58 Å². The van der Waals surface area contributed by atoms with Crippen molar-refractivity contribution in [3.63, 3.8) is 0 Å². The number of carbonyl (C=O) groups is 1. The molecule has 10 heteroatoms. The number of aliphatic hydroxyl groups excluding tert-OH is 2. The molecule has 2 aliphatic carbocycles. The van der Waals surface area contributed by atoms with Gasteiger partial charge in [-0.05, 0) is 113 Å². The van der Waals surface area contributed by atoms with Crippen LogP contribution in [-0.2, 0) is 27.5 Å². The smallest absolute Gasteiger partial charge is 0.410 e. The normalized spacial score (nSPS) is 21.7. The van der Waals surface area contributed by atoms with Crippen molar-refractivity contribution in [1.29, 1.82) is 0 Å². The number of rotatable bonds is 21. The number of allylic oxidation sites excluding steroid dienone is 1. The van der Waals surface area contributed by atoms with Gasteiger partial charge in [0.05, 0.1) is 31.4 Å². The summed E-state index contributed by atoms with van der Waals surface area (Å²) in [6.07, 6.45) is 8.41. The van der Waals surface area contributed by atoms with Gasteiger partial charge >= 0.3 is 6.09 Å². The SMILES string of the molecule is C=CCOC12Oc3ccc(Oc4ccc(-c5ccccc5)cc4)cc3C3C(CCCCO)C(CCCCO)C=C(C(=NOCc4ccccc4)CC1N(Cc1cccc4ccccc14)C(=O)OCC)C32. The van der Waals surface area contributed by atoms with Gasteiger partial charge in [-0.2, -0.15) is 0 Å². The number of amides is 1. The minimum Gasteiger partial charge on any atom is -0.459 e. The van der Waals surface area contributed by atoms with E-state index < -0.39 is 23.8 Å². The van der Waals surface area contributed by atoms with Gasteiger partial charge in [0, 0.05) is 31.1 Å². The Labute approximate surface area is 411 Å². The third-order valence-corrected chi connectivity index (χ3v) is 14.2. The van der Waals surface area contributed by atoms with Crippen LogP contribution in [0.15, 0.2) is 175 Å². The Kier molecular flexibility index (Phi) is 15.7. The van der Waals surface area contributed by atoms with Crippen molar-refractivity contribution in [2.45, 2.75) is 82.8 Å². The third-order valence-electron chi connectivity index (χ3n) is 14.2. The Morgan fingerprint density at radius 3 is 2.27 bits per heavy atom. The van der Waals surface area contributed by atoms with Crippen LogP contribution in [0.4, 0.5) is 4.79 Å². The molecule has 0 spiro atoms. The highest BCUT2D eigenvalue weighted by Crippen LogP contribution is 2.62. The molecule has 6 aromatic carbocycles. The molecule has 0 saturated heterocycles. The van der Waals surface area contributed by atoms with Crippen LogP contribution >= 0.6 is 0 Å². The van der Waals surface area contributed by atoms with Gasteiger partial charge in [0.25, 0.3) is 0 Å².